The van der Waals surface area contributed by atoms with E-state index < -0.39 is 0 Å². The molecule has 6 nitrogen and oxygen atoms in total. The van der Waals surface area contributed by atoms with Crippen molar-refractivity contribution in [3.05, 3.63) is 70.7 Å². The van der Waals surface area contributed by atoms with Crippen molar-refractivity contribution in [1.82, 2.24) is 15.1 Å². The number of aromatic nitrogens is 3. The zero-order chi connectivity index (χ0) is 21.1. The minimum atomic E-state index is -0.299. The molecular formula is C22H19FN4O2S. The van der Waals surface area contributed by atoms with E-state index in [1.165, 1.54) is 23.5 Å². The third-order valence-corrected chi connectivity index (χ3v) is 5.39. The molecule has 0 radical (unpaired) electrons. The van der Waals surface area contributed by atoms with Crippen molar-refractivity contribution in [2.24, 2.45) is 0 Å². The summed E-state index contributed by atoms with van der Waals surface area (Å²) in [5.41, 5.74) is 3.56. The first-order valence-corrected chi connectivity index (χ1v) is 10.2. The predicted octanol–water partition coefficient (Wildman–Crippen LogP) is 5.19. The van der Waals surface area contributed by atoms with Crippen LogP contribution in [0.2, 0.25) is 0 Å². The van der Waals surface area contributed by atoms with Gasteiger partial charge in [-0.05, 0) is 38.1 Å². The lowest BCUT2D eigenvalue weighted by Crippen LogP contribution is -2.12. The van der Waals surface area contributed by atoms with Gasteiger partial charge in [0, 0.05) is 28.8 Å². The van der Waals surface area contributed by atoms with Crippen LogP contribution in [-0.2, 0) is 11.2 Å². The summed E-state index contributed by atoms with van der Waals surface area (Å²) in [4.78, 5) is 22.1. The van der Waals surface area contributed by atoms with Crippen molar-refractivity contribution in [1.29, 1.82) is 0 Å². The molecule has 4 aromatic rings. The van der Waals surface area contributed by atoms with Crippen LogP contribution >= 0.6 is 11.3 Å². The smallest absolute Gasteiger partial charge is 0.227 e. The first-order valence-electron chi connectivity index (χ1n) is 9.41. The fourth-order valence-corrected chi connectivity index (χ4v) is 3.76. The van der Waals surface area contributed by atoms with E-state index >= 15 is 0 Å². The van der Waals surface area contributed by atoms with E-state index in [2.05, 4.69) is 20.4 Å². The molecule has 0 spiro atoms. The summed E-state index contributed by atoms with van der Waals surface area (Å²) in [6.45, 7) is 3.92. The van der Waals surface area contributed by atoms with Gasteiger partial charge in [-0.3, -0.25) is 4.79 Å². The number of aryl methyl sites for hydroxylation is 3. The Labute approximate surface area is 176 Å². The number of carbonyl (C=O) groups excluding carboxylic acids is 1. The van der Waals surface area contributed by atoms with Crippen molar-refractivity contribution in [3.8, 4) is 22.6 Å². The molecule has 2 aromatic carbocycles. The molecule has 0 fully saturated rings. The maximum atomic E-state index is 13.1. The van der Waals surface area contributed by atoms with Gasteiger partial charge in [0.15, 0.2) is 5.13 Å². The molecular weight excluding hydrogens is 403 g/mol. The van der Waals surface area contributed by atoms with Crippen LogP contribution in [0.25, 0.3) is 22.6 Å². The fraction of sp³-hybridized carbons (Fsp3) is 0.182. The van der Waals surface area contributed by atoms with Gasteiger partial charge in [0.05, 0.1) is 5.69 Å². The van der Waals surface area contributed by atoms with Gasteiger partial charge in [0.25, 0.3) is 0 Å². The number of nitrogens with zero attached hydrogens (tertiary/aromatic N) is 3. The number of hydrogen-bond acceptors (Lipinski definition) is 6. The molecule has 0 aliphatic heterocycles. The van der Waals surface area contributed by atoms with Crippen molar-refractivity contribution in [3.63, 3.8) is 0 Å². The highest BCUT2D eigenvalue weighted by Crippen LogP contribution is 2.30. The quantitative estimate of drug-likeness (QED) is 0.463. The number of hydrogen-bond donors (Lipinski definition) is 1. The van der Waals surface area contributed by atoms with E-state index in [1.54, 1.807) is 12.1 Å². The second-order valence-electron chi connectivity index (χ2n) is 6.86. The normalized spacial score (nSPS) is 10.9. The van der Waals surface area contributed by atoms with E-state index in [0.717, 1.165) is 27.3 Å². The molecule has 4 rings (SSSR count). The van der Waals surface area contributed by atoms with E-state index in [4.69, 9.17) is 4.52 Å². The Kier molecular flexibility index (Phi) is 5.67. The number of benzene rings is 2. The average Bonchev–Trinajstić information content (AvgIpc) is 3.34. The standard InChI is InChI=1S/C22H19FN4O2S/c1-13-3-5-16(6-4-13)21-25-19(29-27-21)12-11-18(28)24-22-26-20(14(2)30-22)15-7-9-17(23)10-8-15/h3-10H,11-12H2,1-2H3,(H,24,26,28). The van der Waals surface area contributed by atoms with Gasteiger partial charge in [0.2, 0.25) is 17.6 Å². The van der Waals surface area contributed by atoms with E-state index in [0.29, 0.717) is 23.3 Å². The molecule has 0 atom stereocenters. The SMILES string of the molecule is Cc1ccc(-c2noc(CCC(=O)Nc3nc(-c4ccc(F)cc4)c(C)s3)n2)cc1. The molecule has 0 saturated carbocycles. The van der Waals surface area contributed by atoms with E-state index in [1.807, 2.05) is 38.1 Å². The molecule has 0 aliphatic carbocycles. The molecule has 0 unspecified atom stereocenters. The number of nitrogens with one attached hydrogen (secondary N) is 1. The Morgan fingerprint density at radius 3 is 2.47 bits per heavy atom. The predicted molar refractivity (Wildman–Crippen MR) is 114 cm³/mol. The van der Waals surface area contributed by atoms with Gasteiger partial charge in [-0.2, -0.15) is 4.98 Å². The molecule has 0 saturated heterocycles. The van der Waals surface area contributed by atoms with E-state index in [-0.39, 0.29) is 18.1 Å². The highest BCUT2D eigenvalue weighted by molar-refractivity contribution is 7.16. The van der Waals surface area contributed by atoms with E-state index in [9.17, 15) is 9.18 Å². The van der Waals surface area contributed by atoms with Crippen molar-refractivity contribution in [2.45, 2.75) is 26.7 Å². The summed E-state index contributed by atoms with van der Waals surface area (Å²) in [6.07, 6.45) is 0.528. The molecule has 0 aliphatic rings. The number of anilines is 1. The van der Waals surface area contributed by atoms with Crippen LogP contribution in [0.1, 0.15) is 22.8 Å². The van der Waals surface area contributed by atoms with Crippen LogP contribution in [-0.4, -0.2) is 21.0 Å². The van der Waals surface area contributed by atoms with Crippen LogP contribution in [0.3, 0.4) is 0 Å². The summed E-state index contributed by atoms with van der Waals surface area (Å²) in [5, 5.41) is 7.28. The third-order valence-electron chi connectivity index (χ3n) is 4.50. The molecule has 2 aromatic heterocycles. The molecule has 2 heterocycles. The van der Waals surface area contributed by atoms with Crippen LogP contribution < -0.4 is 5.32 Å². The lowest BCUT2D eigenvalue weighted by Gasteiger charge is -2.00. The lowest BCUT2D eigenvalue weighted by atomic mass is 10.1. The van der Waals surface area contributed by atoms with Gasteiger partial charge in [0.1, 0.15) is 5.82 Å². The van der Waals surface area contributed by atoms with Crippen molar-refractivity contribution in [2.75, 3.05) is 5.32 Å². The Hall–Kier alpha value is -3.39. The Morgan fingerprint density at radius 2 is 1.73 bits per heavy atom. The molecule has 1 amide bonds. The first kappa shape index (κ1) is 19.9. The summed E-state index contributed by atoms with van der Waals surface area (Å²) in [5.74, 6) is 0.421. The summed E-state index contributed by atoms with van der Waals surface area (Å²) in [6, 6.07) is 13.9. The van der Waals surface area contributed by atoms with Crippen LogP contribution in [0.5, 0.6) is 0 Å². The largest absolute Gasteiger partial charge is 0.339 e. The second-order valence-corrected chi connectivity index (χ2v) is 8.06. The molecule has 30 heavy (non-hydrogen) atoms. The number of amides is 1. The van der Waals surface area contributed by atoms with Crippen LogP contribution in [0, 0.1) is 19.7 Å². The zero-order valence-corrected chi connectivity index (χ0v) is 17.3. The van der Waals surface area contributed by atoms with Gasteiger partial charge in [-0.15, -0.1) is 11.3 Å². The lowest BCUT2D eigenvalue weighted by molar-refractivity contribution is -0.116. The number of carbonyl (C=O) groups is 1. The highest BCUT2D eigenvalue weighted by atomic mass is 32.1. The molecule has 0 bridgehead atoms. The highest BCUT2D eigenvalue weighted by Gasteiger charge is 2.14. The minimum Gasteiger partial charge on any atom is -0.339 e. The Balaban J connectivity index is 1.36. The average molecular weight is 422 g/mol. The second kappa shape index (κ2) is 8.54. The van der Waals surface area contributed by atoms with Gasteiger partial charge < -0.3 is 9.84 Å². The monoisotopic (exact) mass is 422 g/mol. The number of rotatable bonds is 6. The number of halogens is 1. The molecule has 8 heteroatoms. The van der Waals surface area contributed by atoms with Crippen LogP contribution in [0.4, 0.5) is 9.52 Å². The van der Waals surface area contributed by atoms with Gasteiger partial charge in [-0.25, -0.2) is 9.37 Å². The maximum Gasteiger partial charge on any atom is 0.227 e. The topological polar surface area (TPSA) is 80.9 Å². The Bertz CT molecular complexity index is 1170. The minimum absolute atomic E-state index is 0.190. The van der Waals surface area contributed by atoms with Crippen LogP contribution in [0.15, 0.2) is 53.1 Å². The maximum absolute atomic E-state index is 13.1. The van der Waals surface area contributed by atoms with Crippen molar-refractivity contribution >= 4 is 22.4 Å². The molecule has 1 N–H and O–H groups in total. The third kappa shape index (κ3) is 4.60. The Morgan fingerprint density at radius 1 is 1.03 bits per heavy atom. The summed E-state index contributed by atoms with van der Waals surface area (Å²) >= 11 is 1.38. The number of thiazole rings is 1. The van der Waals surface area contributed by atoms with Gasteiger partial charge >= 0.3 is 0 Å². The summed E-state index contributed by atoms with van der Waals surface area (Å²) < 4.78 is 18.4. The zero-order valence-electron chi connectivity index (χ0n) is 16.5. The first-order chi connectivity index (χ1) is 14.5. The van der Waals surface area contributed by atoms with Gasteiger partial charge in [-0.1, -0.05) is 35.0 Å². The summed E-state index contributed by atoms with van der Waals surface area (Å²) in [7, 11) is 0. The fourth-order valence-electron chi connectivity index (χ4n) is 2.90. The van der Waals surface area contributed by atoms with Crippen molar-refractivity contribution < 1.29 is 13.7 Å². The molecule has 152 valence electrons.